The molecule has 1 saturated carbocycles. The Morgan fingerprint density at radius 1 is 1.08 bits per heavy atom. The van der Waals surface area contributed by atoms with Crippen molar-refractivity contribution >= 4 is 28.0 Å². The van der Waals surface area contributed by atoms with E-state index in [1.165, 1.54) is 24.1 Å². The van der Waals surface area contributed by atoms with Crippen molar-refractivity contribution in [2.24, 2.45) is 0 Å². The molecule has 5 aliphatic rings. The van der Waals surface area contributed by atoms with Gasteiger partial charge in [-0.2, -0.15) is 20.5 Å². The molecule has 0 radical (unpaired) electrons. The topological polar surface area (TPSA) is 130 Å². The number of nitrogens with one attached hydrogen (secondary N) is 1. The Kier molecular flexibility index (Phi) is 6.07. The van der Waals surface area contributed by atoms with Crippen LogP contribution in [-0.4, -0.2) is 79.4 Å². The number of nitrogens with two attached hydrogens (primary N) is 1. The predicted octanol–water partition coefficient (Wildman–Crippen LogP) is 2.37. The number of ether oxygens (including phenoxy) is 1. The number of nitrogen functional groups attached to an aromatic ring is 1. The summed E-state index contributed by atoms with van der Waals surface area (Å²) < 4.78 is 6.17. The minimum atomic E-state index is -0.104. The lowest BCUT2D eigenvalue weighted by molar-refractivity contribution is 0.132. The number of nitriles is 2. The molecule has 204 valence electrons. The van der Waals surface area contributed by atoms with Crippen molar-refractivity contribution < 1.29 is 4.74 Å². The first-order chi connectivity index (χ1) is 19.0. The van der Waals surface area contributed by atoms with Gasteiger partial charge in [-0.25, -0.2) is 0 Å². The van der Waals surface area contributed by atoms with Gasteiger partial charge < -0.3 is 30.5 Å². The van der Waals surface area contributed by atoms with Crippen LogP contribution in [0.4, 0.5) is 16.6 Å². The van der Waals surface area contributed by atoms with Gasteiger partial charge in [0.2, 0.25) is 0 Å². The van der Waals surface area contributed by atoms with E-state index in [1.54, 1.807) is 11.3 Å². The van der Waals surface area contributed by atoms with Gasteiger partial charge in [0, 0.05) is 61.1 Å². The molecule has 0 amide bonds. The smallest absolute Gasteiger partial charge is 0.320 e. The van der Waals surface area contributed by atoms with Gasteiger partial charge in [-0.1, -0.05) is 6.42 Å². The van der Waals surface area contributed by atoms with Crippen LogP contribution in [-0.2, 0) is 11.8 Å². The second kappa shape index (κ2) is 9.51. The van der Waals surface area contributed by atoms with Gasteiger partial charge in [0.25, 0.3) is 0 Å². The van der Waals surface area contributed by atoms with Crippen molar-refractivity contribution in [1.29, 1.82) is 10.5 Å². The molecule has 11 heteroatoms. The molecule has 0 aromatic carbocycles. The number of aryl methyl sites for hydroxylation is 1. The molecule has 3 saturated heterocycles. The highest BCUT2D eigenvalue weighted by Crippen LogP contribution is 2.53. The van der Waals surface area contributed by atoms with E-state index >= 15 is 0 Å². The molecule has 10 nitrogen and oxygen atoms in total. The van der Waals surface area contributed by atoms with E-state index in [4.69, 9.17) is 20.4 Å². The third-order valence-electron chi connectivity index (χ3n) is 9.62. The molecular weight excluding hydrogens is 510 g/mol. The predicted molar refractivity (Wildman–Crippen MR) is 150 cm³/mol. The minimum Gasteiger partial charge on any atom is -0.462 e. The number of nitrogens with zero attached hydrogens (tertiary/aromatic N) is 7. The molecule has 2 bridgehead atoms. The standard InChI is InChI=1S/C28H35N9OS/c1-35(19-3-2-4-19)9-10-38-27-33-25(36-13-17-5-6-18(14-36)32-17)21(12-30)26(34-27)37-15-28(16-37)8-7-22-23(28)20(11-29)24(31)39-22/h17-19,32H,2-10,13-16,31H2,1H3/t17-,18+. The van der Waals surface area contributed by atoms with Gasteiger partial charge in [0.1, 0.15) is 29.3 Å². The lowest BCUT2D eigenvalue weighted by atomic mass is 9.74. The van der Waals surface area contributed by atoms with Crippen molar-refractivity contribution in [2.75, 3.05) is 61.9 Å². The monoisotopic (exact) mass is 545 g/mol. The fourth-order valence-electron chi connectivity index (χ4n) is 7.27. The highest BCUT2D eigenvalue weighted by molar-refractivity contribution is 7.16. The number of anilines is 3. The van der Waals surface area contributed by atoms with Crippen LogP contribution in [0.1, 0.15) is 60.1 Å². The zero-order valence-corrected chi connectivity index (χ0v) is 23.3. The van der Waals surface area contributed by atoms with Crippen LogP contribution in [0.5, 0.6) is 6.01 Å². The van der Waals surface area contributed by atoms with E-state index in [0.717, 1.165) is 50.9 Å². The summed E-state index contributed by atoms with van der Waals surface area (Å²) in [5, 5.41) is 24.5. The maximum Gasteiger partial charge on any atom is 0.320 e. The molecule has 2 aromatic heterocycles. The van der Waals surface area contributed by atoms with Crippen LogP contribution >= 0.6 is 11.3 Å². The number of fused-ring (bicyclic) bond motifs is 4. The number of hydrogen-bond donors (Lipinski definition) is 2. The van der Waals surface area contributed by atoms with E-state index < -0.39 is 0 Å². The molecule has 3 aliphatic heterocycles. The summed E-state index contributed by atoms with van der Waals surface area (Å²) in [5.74, 6) is 1.34. The van der Waals surface area contributed by atoms with Gasteiger partial charge in [-0.3, -0.25) is 0 Å². The van der Waals surface area contributed by atoms with Crippen LogP contribution in [0.15, 0.2) is 0 Å². The van der Waals surface area contributed by atoms with Crippen molar-refractivity contribution in [2.45, 2.75) is 68.5 Å². The van der Waals surface area contributed by atoms with Gasteiger partial charge >= 0.3 is 6.01 Å². The van der Waals surface area contributed by atoms with Gasteiger partial charge in [-0.05, 0) is 51.1 Å². The third-order valence-corrected chi connectivity index (χ3v) is 10.7. The highest BCUT2D eigenvalue weighted by atomic mass is 32.1. The van der Waals surface area contributed by atoms with Crippen molar-refractivity contribution in [3.05, 3.63) is 21.6 Å². The van der Waals surface area contributed by atoms with Crippen molar-refractivity contribution in [3.63, 3.8) is 0 Å². The highest BCUT2D eigenvalue weighted by Gasteiger charge is 2.52. The lowest BCUT2D eigenvalue weighted by Crippen LogP contribution is -2.59. The molecule has 4 fully saturated rings. The number of hydrogen-bond acceptors (Lipinski definition) is 11. The number of piperazine rings is 1. The van der Waals surface area contributed by atoms with Gasteiger partial charge in [-0.15, -0.1) is 11.3 Å². The first-order valence-corrected chi connectivity index (χ1v) is 15.0. The maximum atomic E-state index is 10.4. The maximum absolute atomic E-state index is 10.4. The second-order valence-corrected chi connectivity index (χ2v) is 13.1. The quantitative estimate of drug-likeness (QED) is 0.535. The largest absolute Gasteiger partial charge is 0.462 e. The van der Waals surface area contributed by atoms with Crippen LogP contribution in [0.25, 0.3) is 0 Å². The van der Waals surface area contributed by atoms with Crippen LogP contribution in [0, 0.1) is 22.7 Å². The van der Waals surface area contributed by atoms with E-state index in [1.807, 2.05) is 0 Å². The number of likely N-dealkylation sites (N-methyl/N-ethyl adjacent to an activating group) is 1. The molecule has 5 heterocycles. The Morgan fingerprint density at radius 2 is 1.77 bits per heavy atom. The molecule has 2 aromatic rings. The fourth-order valence-corrected chi connectivity index (χ4v) is 8.41. The molecule has 2 atom stereocenters. The summed E-state index contributed by atoms with van der Waals surface area (Å²) in [7, 11) is 2.16. The van der Waals surface area contributed by atoms with E-state index in [0.29, 0.717) is 71.6 Å². The van der Waals surface area contributed by atoms with Crippen LogP contribution in [0.3, 0.4) is 0 Å². The van der Waals surface area contributed by atoms with Gasteiger partial charge in [0.05, 0.1) is 5.56 Å². The Bertz CT molecular complexity index is 1350. The summed E-state index contributed by atoms with van der Waals surface area (Å²) in [6.07, 6.45) is 8.07. The number of rotatable bonds is 7. The van der Waals surface area contributed by atoms with Crippen LogP contribution in [0.2, 0.25) is 0 Å². The number of thiophene rings is 1. The molecule has 7 rings (SSSR count). The van der Waals surface area contributed by atoms with E-state index in [9.17, 15) is 10.5 Å². The SMILES string of the molecule is CN(CCOc1nc(N2C[C@H]3CC[C@@H](C2)N3)c(C#N)c(N2CC3(CCc4sc(N)c(C#N)c43)C2)n1)C1CCC1. The molecule has 2 aliphatic carbocycles. The van der Waals surface area contributed by atoms with E-state index in [2.05, 4.69) is 39.2 Å². The summed E-state index contributed by atoms with van der Waals surface area (Å²) in [6.45, 7) is 4.43. The molecular formula is C28H35N9OS. The Hall–Kier alpha value is -3.12. The Morgan fingerprint density at radius 3 is 2.41 bits per heavy atom. The van der Waals surface area contributed by atoms with E-state index in [-0.39, 0.29) is 5.41 Å². The van der Waals surface area contributed by atoms with Gasteiger partial charge in [0.15, 0.2) is 11.6 Å². The molecule has 3 N–H and O–H groups in total. The van der Waals surface area contributed by atoms with Crippen molar-refractivity contribution in [3.8, 4) is 18.1 Å². The first-order valence-electron chi connectivity index (χ1n) is 14.2. The number of aromatic nitrogens is 2. The second-order valence-electron chi connectivity index (χ2n) is 12.0. The summed E-state index contributed by atoms with van der Waals surface area (Å²) >= 11 is 1.56. The Labute approximate surface area is 233 Å². The molecule has 1 spiro atoms. The van der Waals surface area contributed by atoms with Crippen LogP contribution < -0.4 is 25.6 Å². The summed E-state index contributed by atoms with van der Waals surface area (Å²) in [5.41, 5.74) is 8.38. The zero-order chi connectivity index (χ0) is 26.7. The molecule has 0 unspecified atom stereocenters. The third kappa shape index (κ3) is 4.10. The summed E-state index contributed by atoms with van der Waals surface area (Å²) in [4.78, 5) is 17.7. The van der Waals surface area contributed by atoms with Crippen molar-refractivity contribution in [1.82, 2.24) is 20.2 Å². The minimum absolute atomic E-state index is 0.104. The fraction of sp³-hybridized carbons (Fsp3) is 0.643. The lowest BCUT2D eigenvalue weighted by Gasteiger charge is -2.49. The Balaban J connectivity index is 1.18. The first kappa shape index (κ1) is 24.9. The summed E-state index contributed by atoms with van der Waals surface area (Å²) in [6, 6.07) is 6.65. The molecule has 39 heavy (non-hydrogen) atoms. The normalized spacial score (nSPS) is 24.8. The average molecular weight is 546 g/mol. The zero-order valence-electron chi connectivity index (χ0n) is 22.4. The average Bonchev–Trinajstić information content (AvgIpc) is 3.51.